The number of hydrogen-bond acceptors (Lipinski definition) is 4. The van der Waals surface area contributed by atoms with E-state index in [9.17, 15) is 0 Å². The average Bonchev–Trinajstić information content (AvgIpc) is 2.61. The predicted octanol–water partition coefficient (Wildman–Crippen LogP) is 2.75. The molecule has 5 nitrogen and oxygen atoms in total. The summed E-state index contributed by atoms with van der Waals surface area (Å²) in [6.45, 7) is 10.2. The summed E-state index contributed by atoms with van der Waals surface area (Å²) in [4.78, 5) is 4.75. The van der Waals surface area contributed by atoms with Crippen LogP contribution in [0.15, 0.2) is 18.2 Å². The highest BCUT2D eigenvalue weighted by Crippen LogP contribution is 2.31. The van der Waals surface area contributed by atoms with Crippen LogP contribution in [-0.4, -0.2) is 56.4 Å². The monoisotopic (exact) mass is 344 g/mol. The fraction of sp³-hybridized carbons (Fsp3) is 0.550. The van der Waals surface area contributed by atoms with Gasteiger partial charge in [-0.05, 0) is 31.5 Å². The molecule has 0 bridgehead atoms. The minimum Gasteiger partial charge on any atom is -0.493 e. The molecule has 0 atom stereocenters. The van der Waals surface area contributed by atoms with Gasteiger partial charge in [-0.2, -0.15) is 0 Å². The first-order valence-corrected chi connectivity index (χ1v) is 9.26. The number of nitrogens with zero attached hydrogens (tertiary/aromatic N) is 2. The van der Waals surface area contributed by atoms with Crippen LogP contribution in [-0.2, 0) is 13.0 Å². The number of piperazine rings is 1. The number of quaternary nitrogens is 1. The number of hydrogen-bond donors (Lipinski definition) is 1. The summed E-state index contributed by atoms with van der Waals surface area (Å²) < 4.78 is 12.5. The van der Waals surface area contributed by atoms with Crippen LogP contribution in [0.25, 0.3) is 10.9 Å². The minimum absolute atomic E-state index is 0.675. The summed E-state index contributed by atoms with van der Waals surface area (Å²) in [5.41, 5.74) is 3.35. The maximum absolute atomic E-state index is 5.98. The number of nitrogens with one attached hydrogen (secondary N) is 1. The van der Waals surface area contributed by atoms with Gasteiger partial charge in [0.25, 0.3) is 0 Å². The Morgan fingerprint density at radius 3 is 2.52 bits per heavy atom. The van der Waals surface area contributed by atoms with Crippen molar-refractivity contribution in [3.63, 3.8) is 0 Å². The summed E-state index contributed by atoms with van der Waals surface area (Å²) in [6.07, 6.45) is 0.903. The van der Waals surface area contributed by atoms with Crippen molar-refractivity contribution >= 4 is 10.9 Å². The Bertz CT molecular complexity index is 739. The maximum atomic E-state index is 5.98. The van der Waals surface area contributed by atoms with Crippen molar-refractivity contribution in [1.82, 2.24) is 10.3 Å². The topological polar surface area (TPSA) is 43.4 Å². The van der Waals surface area contributed by atoms with Crippen LogP contribution < -0.4 is 14.8 Å². The number of methoxy groups -OCH3 is 1. The molecular weight excluding hydrogens is 314 g/mol. The summed E-state index contributed by atoms with van der Waals surface area (Å²) in [7, 11) is 4.02. The van der Waals surface area contributed by atoms with Gasteiger partial charge in [0.15, 0.2) is 0 Å². The van der Waals surface area contributed by atoms with E-state index in [1.807, 2.05) is 6.92 Å². The molecule has 0 amide bonds. The largest absolute Gasteiger partial charge is 0.493 e. The van der Waals surface area contributed by atoms with Gasteiger partial charge in [0.1, 0.15) is 12.3 Å². The van der Waals surface area contributed by atoms with Crippen LogP contribution in [0, 0.1) is 0 Å². The first kappa shape index (κ1) is 18.0. The molecule has 1 aliphatic rings. The molecule has 0 saturated carbocycles. The van der Waals surface area contributed by atoms with Crippen LogP contribution >= 0.6 is 0 Å². The fourth-order valence-electron chi connectivity index (χ4n) is 3.62. The second-order valence-corrected chi connectivity index (χ2v) is 7.07. The number of aryl methyl sites for hydroxylation is 1. The lowest BCUT2D eigenvalue weighted by Gasteiger charge is -2.38. The van der Waals surface area contributed by atoms with E-state index in [0.29, 0.717) is 6.61 Å². The molecule has 0 radical (unpaired) electrons. The highest BCUT2D eigenvalue weighted by Gasteiger charge is 2.26. The van der Waals surface area contributed by atoms with Gasteiger partial charge in [0, 0.05) is 24.0 Å². The predicted molar refractivity (Wildman–Crippen MR) is 101 cm³/mol. The molecule has 0 unspecified atom stereocenters. The standard InChI is InChI=1S/C20H30N3O2/c1-5-15-11-16-13-19(25-6-2)17(12-18(16)22-20(15)24-4)14-23(3)9-7-21-8-10-23/h11-13,21H,5-10,14H2,1-4H3/q+1. The summed E-state index contributed by atoms with van der Waals surface area (Å²) >= 11 is 0. The van der Waals surface area contributed by atoms with E-state index in [-0.39, 0.29) is 0 Å². The van der Waals surface area contributed by atoms with E-state index < -0.39 is 0 Å². The van der Waals surface area contributed by atoms with E-state index in [0.717, 1.165) is 71.7 Å². The SMILES string of the molecule is CCOc1cc2cc(CC)c(OC)nc2cc1C[N+]1(C)CCNCC1. The number of benzene rings is 1. The zero-order valence-corrected chi connectivity index (χ0v) is 15.9. The van der Waals surface area contributed by atoms with Gasteiger partial charge >= 0.3 is 0 Å². The Hall–Kier alpha value is -1.85. The number of rotatable bonds is 6. The first-order chi connectivity index (χ1) is 12.1. The lowest BCUT2D eigenvalue weighted by molar-refractivity contribution is -0.924. The van der Waals surface area contributed by atoms with E-state index >= 15 is 0 Å². The second-order valence-electron chi connectivity index (χ2n) is 7.07. The number of ether oxygens (including phenoxy) is 2. The third-order valence-corrected chi connectivity index (χ3v) is 5.12. The molecule has 2 aromatic rings. The van der Waals surface area contributed by atoms with E-state index in [1.165, 1.54) is 5.56 Å². The van der Waals surface area contributed by atoms with Gasteiger partial charge in [-0.25, -0.2) is 4.98 Å². The van der Waals surface area contributed by atoms with Gasteiger partial charge < -0.3 is 19.3 Å². The van der Waals surface area contributed by atoms with Crippen molar-refractivity contribution in [3.8, 4) is 11.6 Å². The van der Waals surface area contributed by atoms with Crippen molar-refractivity contribution in [2.45, 2.75) is 26.8 Å². The summed E-state index contributed by atoms with van der Waals surface area (Å²) in [6, 6.07) is 6.51. The van der Waals surface area contributed by atoms with Gasteiger partial charge in [0.2, 0.25) is 5.88 Å². The van der Waals surface area contributed by atoms with Crippen molar-refractivity contribution < 1.29 is 14.0 Å². The summed E-state index contributed by atoms with van der Waals surface area (Å²) in [5.74, 6) is 1.72. The molecule has 1 aromatic carbocycles. The lowest BCUT2D eigenvalue weighted by atomic mass is 10.1. The average molecular weight is 344 g/mol. The second kappa shape index (κ2) is 7.58. The molecule has 136 valence electrons. The Morgan fingerprint density at radius 1 is 1.12 bits per heavy atom. The molecule has 5 heteroatoms. The maximum Gasteiger partial charge on any atom is 0.216 e. The highest BCUT2D eigenvalue weighted by atomic mass is 16.5. The van der Waals surface area contributed by atoms with Crippen LogP contribution in [0.5, 0.6) is 11.6 Å². The Kier molecular flexibility index (Phi) is 5.45. The molecule has 1 saturated heterocycles. The number of aromatic nitrogens is 1. The third kappa shape index (κ3) is 3.88. The van der Waals surface area contributed by atoms with Crippen molar-refractivity contribution in [1.29, 1.82) is 0 Å². The zero-order chi connectivity index (χ0) is 17.9. The van der Waals surface area contributed by atoms with Gasteiger partial charge in [-0.1, -0.05) is 6.92 Å². The van der Waals surface area contributed by atoms with Crippen LogP contribution in [0.3, 0.4) is 0 Å². The Labute approximate surface area is 150 Å². The molecule has 1 N–H and O–H groups in total. The molecule has 2 heterocycles. The fourth-order valence-corrected chi connectivity index (χ4v) is 3.62. The smallest absolute Gasteiger partial charge is 0.216 e. The van der Waals surface area contributed by atoms with E-state index in [4.69, 9.17) is 14.5 Å². The van der Waals surface area contributed by atoms with E-state index in [1.54, 1.807) is 7.11 Å². The Morgan fingerprint density at radius 2 is 1.88 bits per heavy atom. The first-order valence-electron chi connectivity index (χ1n) is 9.26. The van der Waals surface area contributed by atoms with Crippen molar-refractivity contribution in [3.05, 3.63) is 29.3 Å². The van der Waals surface area contributed by atoms with Crippen LogP contribution in [0.4, 0.5) is 0 Å². The molecule has 1 fully saturated rings. The Balaban J connectivity index is 2.04. The van der Waals surface area contributed by atoms with E-state index in [2.05, 4.69) is 37.5 Å². The van der Waals surface area contributed by atoms with Crippen LogP contribution in [0.2, 0.25) is 0 Å². The quantitative estimate of drug-likeness (QED) is 0.819. The number of fused-ring (bicyclic) bond motifs is 1. The molecule has 0 spiro atoms. The van der Waals surface area contributed by atoms with Crippen LogP contribution in [0.1, 0.15) is 25.0 Å². The van der Waals surface area contributed by atoms with Crippen molar-refractivity contribution in [2.75, 3.05) is 46.9 Å². The molecule has 25 heavy (non-hydrogen) atoms. The molecule has 1 aromatic heterocycles. The molecule has 1 aliphatic heterocycles. The normalized spacial score (nSPS) is 16.8. The third-order valence-electron chi connectivity index (χ3n) is 5.12. The summed E-state index contributed by atoms with van der Waals surface area (Å²) in [5, 5.41) is 4.57. The van der Waals surface area contributed by atoms with Gasteiger partial charge in [-0.15, -0.1) is 0 Å². The minimum atomic E-state index is 0.675. The lowest BCUT2D eigenvalue weighted by Crippen LogP contribution is -2.55. The molecule has 3 rings (SSSR count). The molecule has 0 aliphatic carbocycles. The molecular formula is C20H30N3O2+. The number of likely N-dealkylation sites (N-methyl/N-ethyl adjacent to an activating group) is 1. The zero-order valence-electron chi connectivity index (χ0n) is 15.9. The van der Waals surface area contributed by atoms with Gasteiger partial charge in [-0.3, -0.25) is 0 Å². The van der Waals surface area contributed by atoms with Gasteiger partial charge in [0.05, 0.1) is 44.9 Å². The highest BCUT2D eigenvalue weighted by molar-refractivity contribution is 5.83. The number of pyridine rings is 1. The van der Waals surface area contributed by atoms with Crippen molar-refractivity contribution in [2.24, 2.45) is 0 Å².